The van der Waals surface area contributed by atoms with Gasteiger partial charge in [-0.2, -0.15) is 0 Å². The summed E-state index contributed by atoms with van der Waals surface area (Å²) in [6.45, 7) is 3.04. The molecule has 0 unspecified atom stereocenters. The van der Waals surface area contributed by atoms with Gasteiger partial charge in [0.2, 0.25) is 0 Å². The van der Waals surface area contributed by atoms with Crippen LogP contribution in [-0.4, -0.2) is 27.2 Å². The molecule has 7 rings (SSSR count). The zero-order chi connectivity index (χ0) is 43.1. The first kappa shape index (κ1) is 43.2. The second-order valence-corrected chi connectivity index (χ2v) is 14.5. The van der Waals surface area contributed by atoms with Gasteiger partial charge in [-0.25, -0.2) is 22.4 Å². The maximum atomic E-state index is 14.2. The first-order valence-corrected chi connectivity index (χ1v) is 19.1. The van der Waals surface area contributed by atoms with E-state index in [1.54, 1.807) is 42.5 Å². The lowest BCUT2D eigenvalue weighted by atomic mass is 10.0. The number of ketones is 2. The maximum absolute atomic E-state index is 14.2. The van der Waals surface area contributed by atoms with Crippen molar-refractivity contribution in [2.75, 3.05) is 0 Å². The van der Waals surface area contributed by atoms with Crippen LogP contribution >= 0.6 is 23.2 Å². The predicted molar refractivity (Wildman–Crippen MR) is 222 cm³/mol. The van der Waals surface area contributed by atoms with Gasteiger partial charge < -0.3 is 23.9 Å². The van der Waals surface area contributed by atoms with Crippen LogP contribution in [0.15, 0.2) is 121 Å². The van der Waals surface area contributed by atoms with Gasteiger partial charge in [0.05, 0.1) is 16.8 Å². The van der Waals surface area contributed by atoms with E-state index in [1.807, 2.05) is 41.8 Å². The van der Waals surface area contributed by atoms with Gasteiger partial charge in [0.1, 0.15) is 53.8 Å². The Bertz CT molecular complexity index is 2750. The van der Waals surface area contributed by atoms with Gasteiger partial charge in [-0.05, 0) is 110 Å². The molecule has 1 heterocycles. The Morgan fingerprint density at radius 3 is 1.87 bits per heavy atom. The van der Waals surface area contributed by atoms with Crippen molar-refractivity contribution in [1.82, 2.24) is 4.57 Å². The smallest absolute Gasteiger partial charge is 0.336 e. The van der Waals surface area contributed by atoms with Crippen molar-refractivity contribution in [3.05, 3.63) is 183 Å². The van der Waals surface area contributed by atoms with Gasteiger partial charge in [0.25, 0.3) is 0 Å². The minimum atomic E-state index is -1.02. The van der Waals surface area contributed by atoms with Crippen LogP contribution in [-0.2, 0) is 18.0 Å². The Morgan fingerprint density at radius 2 is 1.25 bits per heavy atom. The standard InChI is InChI=1S/C29H20ClF2NO3.C18H15ClF2O3/c1-17-6-10-27(33(17)22-12-18-4-2-3-5-23(18)24(15-22)29(34)35)25-13-20(30)8-11-28(25)36-16-19-7-9-21(31)14-26(19)32;1-11(22)2-6-17(23)15-8-13(19)4-7-18(15)24-10-12-3-5-14(20)9-16(12)21/h2-15H,16H2,1H3,(H,34,35);3-5,7-9H,2,6,10H2,1H3. The number of rotatable bonds is 13. The average molecular weight is 857 g/mol. The highest BCUT2D eigenvalue weighted by Crippen LogP contribution is 2.37. The molecule has 0 bridgehead atoms. The van der Waals surface area contributed by atoms with E-state index in [0.717, 1.165) is 35.0 Å². The van der Waals surface area contributed by atoms with Crippen LogP contribution in [0.4, 0.5) is 17.6 Å². The van der Waals surface area contributed by atoms with Crippen LogP contribution in [0.25, 0.3) is 27.7 Å². The van der Waals surface area contributed by atoms with Crippen LogP contribution in [0, 0.1) is 30.2 Å². The minimum Gasteiger partial charge on any atom is -0.488 e. The summed E-state index contributed by atoms with van der Waals surface area (Å²) in [5.41, 5.74) is 3.69. The van der Waals surface area contributed by atoms with E-state index < -0.39 is 29.2 Å². The highest BCUT2D eigenvalue weighted by atomic mass is 35.5. The summed E-state index contributed by atoms with van der Waals surface area (Å²) in [6.07, 6.45) is 0.161. The van der Waals surface area contributed by atoms with Crippen LogP contribution in [0.5, 0.6) is 11.5 Å². The molecule has 306 valence electrons. The van der Waals surface area contributed by atoms with Gasteiger partial charge in [0.15, 0.2) is 5.78 Å². The minimum absolute atomic E-state index is 0.0386. The number of aryl methyl sites for hydroxylation is 1. The fraction of sp³-hybridized carbons (Fsp3) is 0.128. The fourth-order valence-electron chi connectivity index (χ4n) is 6.38. The van der Waals surface area contributed by atoms with Crippen LogP contribution < -0.4 is 9.47 Å². The molecule has 0 atom stereocenters. The summed E-state index contributed by atoms with van der Waals surface area (Å²) in [6, 6.07) is 30.8. The molecule has 0 aliphatic carbocycles. The zero-order valence-corrected chi connectivity index (χ0v) is 33.6. The first-order valence-electron chi connectivity index (χ1n) is 18.4. The third kappa shape index (κ3) is 10.4. The van der Waals surface area contributed by atoms with E-state index in [2.05, 4.69) is 0 Å². The molecule has 0 saturated carbocycles. The summed E-state index contributed by atoms with van der Waals surface area (Å²) in [4.78, 5) is 35.3. The Morgan fingerprint density at radius 1 is 0.650 bits per heavy atom. The molecular formula is C47H35Cl2F4NO6. The SMILES string of the molecule is CC(=O)CCC(=O)c1cc(Cl)ccc1OCc1ccc(F)cc1F.Cc1ccc(-c2cc(Cl)ccc2OCc2ccc(F)cc2F)n1-c1cc(C(=O)O)c2ccccc2c1. The lowest BCUT2D eigenvalue weighted by Gasteiger charge is -2.17. The third-order valence-electron chi connectivity index (χ3n) is 9.37. The van der Waals surface area contributed by atoms with E-state index in [4.69, 9.17) is 32.7 Å². The van der Waals surface area contributed by atoms with Gasteiger partial charge in [-0.3, -0.25) is 4.79 Å². The molecule has 0 radical (unpaired) electrons. The predicted octanol–water partition coefficient (Wildman–Crippen LogP) is 12.6. The van der Waals surface area contributed by atoms with E-state index in [9.17, 15) is 37.1 Å². The molecule has 0 aliphatic rings. The van der Waals surface area contributed by atoms with Crippen LogP contribution in [0.2, 0.25) is 10.0 Å². The molecule has 0 saturated heterocycles. The average Bonchev–Trinajstić information content (AvgIpc) is 3.60. The van der Waals surface area contributed by atoms with Crippen molar-refractivity contribution in [3.63, 3.8) is 0 Å². The second-order valence-electron chi connectivity index (χ2n) is 13.7. The van der Waals surface area contributed by atoms with E-state index in [1.165, 1.54) is 37.3 Å². The number of aromatic carboxylic acids is 1. The number of carbonyl (C=O) groups excluding carboxylic acids is 2. The number of halogens is 6. The molecule has 0 spiro atoms. The number of ether oxygens (including phenoxy) is 2. The molecule has 60 heavy (non-hydrogen) atoms. The second kappa shape index (κ2) is 19.1. The molecule has 7 aromatic rings. The summed E-state index contributed by atoms with van der Waals surface area (Å²) in [5, 5.41) is 12.1. The number of fused-ring (bicyclic) bond motifs is 1. The number of hydrogen-bond acceptors (Lipinski definition) is 5. The molecule has 1 aromatic heterocycles. The third-order valence-corrected chi connectivity index (χ3v) is 9.84. The van der Waals surface area contributed by atoms with Crippen LogP contribution in [0.3, 0.4) is 0 Å². The maximum Gasteiger partial charge on any atom is 0.336 e. The van der Waals surface area contributed by atoms with Gasteiger partial charge in [-0.15, -0.1) is 0 Å². The first-order chi connectivity index (χ1) is 28.7. The summed E-state index contributed by atoms with van der Waals surface area (Å²) < 4.78 is 67.4. The lowest BCUT2D eigenvalue weighted by Crippen LogP contribution is -2.07. The lowest BCUT2D eigenvalue weighted by molar-refractivity contribution is -0.117. The quantitative estimate of drug-likeness (QED) is 0.0917. The van der Waals surface area contributed by atoms with Crippen LogP contribution in [0.1, 0.15) is 57.3 Å². The molecule has 1 N–H and O–H groups in total. The number of carboxylic acids is 1. The molecule has 0 aliphatic heterocycles. The van der Waals surface area contributed by atoms with Crippen molar-refractivity contribution in [2.45, 2.75) is 39.9 Å². The Labute approximate surface area is 352 Å². The summed E-state index contributed by atoms with van der Waals surface area (Å²) in [5.74, 6) is -3.49. The molecule has 7 nitrogen and oxygen atoms in total. The zero-order valence-electron chi connectivity index (χ0n) is 32.1. The number of aromatic nitrogens is 1. The van der Waals surface area contributed by atoms with Crippen molar-refractivity contribution < 1.29 is 46.5 Å². The topological polar surface area (TPSA) is 94.8 Å². The van der Waals surface area contributed by atoms with E-state index >= 15 is 0 Å². The molecule has 0 amide bonds. The molecule has 0 fully saturated rings. The molecular weight excluding hydrogens is 821 g/mol. The van der Waals surface area contributed by atoms with E-state index in [0.29, 0.717) is 32.4 Å². The van der Waals surface area contributed by atoms with E-state index in [-0.39, 0.29) is 65.6 Å². The number of benzene rings is 6. The number of carbonyl (C=O) groups is 3. The van der Waals surface area contributed by atoms with Crippen molar-refractivity contribution >= 4 is 51.5 Å². The number of Topliss-reactive ketones (excluding diaryl/α,β-unsaturated/α-hetero) is 2. The van der Waals surface area contributed by atoms with Crippen molar-refractivity contribution in [1.29, 1.82) is 0 Å². The van der Waals surface area contributed by atoms with Gasteiger partial charge >= 0.3 is 5.97 Å². The van der Waals surface area contributed by atoms with Crippen molar-refractivity contribution in [2.24, 2.45) is 0 Å². The Balaban J connectivity index is 0.000000219. The highest BCUT2D eigenvalue weighted by molar-refractivity contribution is 6.31. The number of nitrogens with zero attached hydrogens (tertiary/aromatic N) is 1. The fourth-order valence-corrected chi connectivity index (χ4v) is 6.72. The molecule has 6 aromatic carbocycles. The van der Waals surface area contributed by atoms with Gasteiger partial charge in [0, 0.05) is 63.1 Å². The molecule has 13 heteroatoms. The highest BCUT2D eigenvalue weighted by Gasteiger charge is 2.19. The summed E-state index contributed by atoms with van der Waals surface area (Å²) >= 11 is 12.2. The monoisotopic (exact) mass is 855 g/mol. The normalized spacial score (nSPS) is 10.9. The number of hydrogen-bond donors (Lipinski definition) is 1. The largest absolute Gasteiger partial charge is 0.488 e. The Kier molecular flexibility index (Phi) is 13.7. The van der Waals surface area contributed by atoms with Crippen molar-refractivity contribution in [3.8, 4) is 28.4 Å². The Hall–Kier alpha value is -6.43. The number of carboxylic acid groups (broad SMARTS) is 1. The van der Waals surface area contributed by atoms with Gasteiger partial charge in [-0.1, -0.05) is 47.5 Å². The summed E-state index contributed by atoms with van der Waals surface area (Å²) in [7, 11) is 0.